The van der Waals surface area contributed by atoms with Gasteiger partial charge in [0.2, 0.25) is 0 Å². The summed E-state index contributed by atoms with van der Waals surface area (Å²) in [4.78, 5) is 4.50. The first kappa shape index (κ1) is 13.9. The number of imidazole rings is 1. The molecule has 106 valence electrons. The van der Waals surface area contributed by atoms with Gasteiger partial charge in [0.05, 0.1) is 11.4 Å². The maximum Gasteiger partial charge on any atom is 0.182 e. The van der Waals surface area contributed by atoms with Crippen molar-refractivity contribution < 1.29 is 0 Å². The number of pyridine rings is 1. The highest BCUT2D eigenvalue weighted by molar-refractivity contribution is 9.10. The summed E-state index contributed by atoms with van der Waals surface area (Å²) in [5.41, 5.74) is 4.88. The van der Waals surface area contributed by atoms with Crippen molar-refractivity contribution >= 4 is 33.1 Å². The van der Waals surface area contributed by atoms with Crippen LogP contribution in [0.2, 0.25) is 0 Å². The van der Waals surface area contributed by atoms with E-state index in [2.05, 4.69) is 31.1 Å². The van der Waals surface area contributed by atoms with Crippen LogP contribution in [-0.4, -0.2) is 9.38 Å². The number of hydrogen-bond acceptors (Lipinski definition) is 3. The van der Waals surface area contributed by atoms with Crippen LogP contribution in [0, 0.1) is 20.8 Å². The molecule has 0 aliphatic heterocycles. The molecule has 0 fully saturated rings. The van der Waals surface area contributed by atoms with Gasteiger partial charge in [-0.25, -0.2) is 4.98 Å². The Morgan fingerprint density at radius 3 is 2.43 bits per heavy atom. The third-order valence-electron chi connectivity index (χ3n) is 3.41. The first-order valence-corrected chi connectivity index (χ1v) is 7.48. The minimum absolute atomic E-state index is 0.758. The second-order valence-corrected chi connectivity index (χ2v) is 5.95. The average Bonchev–Trinajstić information content (AvgIpc) is 2.74. The van der Waals surface area contributed by atoms with E-state index in [0.29, 0.717) is 0 Å². The van der Waals surface area contributed by atoms with Crippen LogP contribution in [0.3, 0.4) is 0 Å². The van der Waals surface area contributed by atoms with Crippen LogP contribution in [0.4, 0.5) is 11.5 Å². The zero-order valence-electron chi connectivity index (χ0n) is 12.1. The molecule has 0 saturated heterocycles. The Balaban J connectivity index is 2.11. The van der Waals surface area contributed by atoms with E-state index >= 15 is 0 Å². The van der Waals surface area contributed by atoms with Gasteiger partial charge in [0, 0.05) is 10.7 Å². The van der Waals surface area contributed by atoms with E-state index in [9.17, 15) is 0 Å². The number of benzene rings is 1. The second kappa shape index (κ2) is 5.41. The van der Waals surface area contributed by atoms with Gasteiger partial charge in [-0.2, -0.15) is 0 Å². The van der Waals surface area contributed by atoms with Gasteiger partial charge >= 0.3 is 0 Å². The Bertz CT molecular complexity index is 829. The lowest BCUT2D eigenvalue weighted by Crippen LogP contribution is -1.83. The van der Waals surface area contributed by atoms with E-state index in [4.69, 9.17) is 0 Å². The summed E-state index contributed by atoms with van der Waals surface area (Å²) in [5, 5.41) is 8.87. The molecule has 4 nitrogen and oxygen atoms in total. The third-order valence-corrected chi connectivity index (χ3v) is 3.88. The number of hydrogen-bond donors (Lipinski definition) is 0. The summed E-state index contributed by atoms with van der Waals surface area (Å²) in [5.74, 6) is 0.758. The largest absolute Gasteiger partial charge is 0.282 e. The molecule has 0 aliphatic rings. The highest BCUT2D eigenvalue weighted by atomic mass is 79.9. The Kier molecular flexibility index (Phi) is 3.59. The smallest absolute Gasteiger partial charge is 0.182 e. The standard InChI is InChI=1S/C16H15BrN4/c1-10-5-4-6-11(2)15(10)19-20-16-12(3)18-14-8-7-13(17)9-21(14)16/h4-9H,1-3H3. The summed E-state index contributed by atoms with van der Waals surface area (Å²) in [6.07, 6.45) is 1.95. The highest BCUT2D eigenvalue weighted by Gasteiger charge is 2.08. The van der Waals surface area contributed by atoms with Crippen LogP contribution < -0.4 is 0 Å². The molecule has 0 bridgehead atoms. The zero-order valence-corrected chi connectivity index (χ0v) is 13.7. The zero-order chi connectivity index (χ0) is 15.0. The number of aryl methyl sites for hydroxylation is 3. The number of aromatic nitrogens is 2. The summed E-state index contributed by atoms with van der Waals surface area (Å²) < 4.78 is 2.92. The number of nitrogens with zero attached hydrogens (tertiary/aromatic N) is 4. The number of azo groups is 1. The van der Waals surface area contributed by atoms with Crippen LogP contribution in [0.5, 0.6) is 0 Å². The first-order chi connectivity index (χ1) is 10.1. The fourth-order valence-electron chi connectivity index (χ4n) is 2.31. The summed E-state index contributed by atoms with van der Waals surface area (Å²) in [6, 6.07) is 10.0. The molecule has 1 aromatic carbocycles. The average molecular weight is 343 g/mol. The van der Waals surface area contributed by atoms with Crippen LogP contribution >= 0.6 is 15.9 Å². The minimum atomic E-state index is 0.758. The Morgan fingerprint density at radius 1 is 1.00 bits per heavy atom. The Hall–Kier alpha value is -2.01. The molecule has 0 aliphatic carbocycles. The fourth-order valence-corrected chi connectivity index (χ4v) is 2.64. The van der Waals surface area contributed by atoms with Crippen molar-refractivity contribution in [3.63, 3.8) is 0 Å². The van der Waals surface area contributed by atoms with Crippen LogP contribution in [0.15, 0.2) is 51.2 Å². The topological polar surface area (TPSA) is 42.0 Å². The predicted octanol–water partition coefficient (Wildman–Crippen LogP) is 5.44. The van der Waals surface area contributed by atoms with E-state index in [0.717, 1.165) is 38.4 Å². The molecule has 5 heteroatoms. The van der Waals surface area contributed by atoms with Crippen molar-refractivity contribution in [3.8, 4) is 0 Å². The third kappa shape index (κ3) is 2.61. The molecule has 0 radical (unpaired) electrons. The molecule has 2 heterocycles. The lowest BCUT2D eigenvalue weighted by Gasteiger charge is -2.02. The molecule has 0 amide bonds. The SMILES string of the molecule is Cc1cccc(C)c1N=Nc1c(C)nc2ccc(Br)cn12. The first-order valence-electron chi connectivity index (χ1n) is 6.68. The predicted molar refractivity (Wildman–Crippen MR) is 87.7 cm³/mol. The Morgan fingerprint density at radius 2 is 1.71 bits per heavy atom. The van der Waals surface area contributed by atoms with E-state index in [-0.39, 0.29) is 0 Å². The lowest BCUT2D eigenvalue weighted by atomic mass is 10.1. The molecule has 0 saturated carbocycles. The maximum absolute atomic E-state index is 4.50. The molecule has 2 aromatic heterocycles. The van der Waals surface area contributed by atoms with Crippen molar-refractivity contribution in [2.75, 3.05) is 0 Å². The molecule has 21 heavy (non-hydrogen) atoms. The lowest BCUT2D eigenvalue weighted by molar-refractivity contribution is 1.08. The van der Waals surface area contributed by atoms with E-state index in [1.165, 1.54) is 0 Å². The van der Waals surface area contributed by atoms with Gasteiger partial charge in [0.25, 0.3) is 0 Å². The normalized spacial score (nSPS) is 11.6. The molecular formula is C16H15BrN4. The number of fused-ring (bicyclic) bond motifs is 1. The van der Waals surface area contributed by atoms with Gasteiger partial charge in [0.1, 0.15) is 5.65 Å². The number of halogens is 1. The van der Waals surface area contributed by atoms with Gasteiger partial charge in [-0.05, 0) is 60.0 Å². The molecular weight excluding hydrogens is 328 g/mol. The summed E-state index contributed by atoms with van der Waals surface area (Å²) in [7, 11) is 0. The quantitative estimate of drug-likeness (QED) is 0.572. The molecule has 0 unspecified atom stereocenters. The van der Waals surface area contributed by atoms with Crippen LogP contribution in [-0.2, 0) is 0 Å². The van der Waals surface area contributed by atoms with Crippen molar-refractivity contribution in [2.24, 2.45) is 10.2 Å². The van der Waals surface area contributed by atoms with Gasteiger partial charge in [0.15, 0.2) is 5.82 Å². The van der Waals surface area contributed by atoms with Gasteiger partial charge < -0.3 is 0 Å². The highest BCUT2D eigenvalue weighted by Crippen LogP contribution is 2.28. The monoisotopic (exact) mass is 342 g/mol. The minimum Gasteiger partial charge on any atom is -0.282 e. The van der Waals surface area contributed by atoms with E-state index in [1.807, 2.05) is 61.7 Å². The number of rotatable bonds is 2. The maximum atomic E-state index is 4.50. The van der Waals surface area contributed by atoms with E-state index < -0.39 is 0 Å². The molecule has 3 rings (SSSR count). The molecule has 0 atom stereocenters. The Labute approximate surface area is 131 Å². The molecule has 0 spiro atoms. The van der Waals surface area contributed by atoms with Crippen molar-refractivity contribution in [1.29, 1.82) is 0 Å². The summed E-state index contributed by atoms with van der Waals surface area (Å²) >= 11 is 3.47. The van der Waals surface area contributed by atoms with Gasteiger partial charge in [-0.15, -0.1) is 10.2 Å². The fraction of sp³-hybridized carbons (Fsp3) is 0.188. The molecule has 3 aromatic rings. The summed E-state index contributed by atoms with van der Waals surface area (Å²) in [6.45, 7) is 6.03. The van der Waals surface area contributed by atoms with E-state index in [1.54, 1.807) is 0 Å². The van der Waals surface area contributed by atoms with Crippen molar-refractivity contribution in [1.82, 2.24) is 9.38 Å². The second-order valence-electron chi connectivity index (χ2n) is 5.04. The van der Waals surface area contributed by atoms with Gasteiger partial charge in [-0.3, -0.25) is 4.40 Å². The molecule has 0 N–H and O–H groups in total. The van der Waals surface area contributed by atoms with Crippen LogP contribution in [0.25, 0.3) is 5.65 Å². The van der Waals surface area contributed by atoms with Gasteiger partial charge in [-0.1, -0.05) is 18.2 Å². The van der Waals surface area contributed by atoms with Crippen molar-refractivity contribution in [2.45, 2.75) is 20.8 Å². The van der Waals surface area contributed by atoms with Crippen molar-refractivity contribution in [3.05, 3.63) is 57.8 Å². The van der Waals surface area contributed by atoms with Crippen LogP contribution in [0.1, 0.15) is 16.8 Å².